The van der Waals surface area contributed by atoms with Crippen LogP contribution in [0.25, 0.3) is 5.59 Å². The summed E-state index contributed by atoms with van der Waals surface area (Å²) in [5, 5.41) is 0. The molecule has 1 aliphatic rings. The van der Waals surface area contributed by atoms with Gasteiger partial charge in [0, 0.05) is 0 Å². The van der Waals surface area contributed by atoms with Crippen LogP contribution in [-0.4, -0.2) is 8.53 Å². The van der Waals surface area contributed by atoms with Gasteiger partial charge in [-0.3, -0.25) is 6.08 Å². The predicted octanol–water partition coefficient (Wildman–Crippen LogP) is 1.22. The molecule has 0 aromatic rings. The van der Waals surface area contributed by atoms with Crippen LogP contribution < -0.4 is 0 Å². The van der Waals surface area contributed by atoms with Crippen LogP contribution in [0.15, 0.2) is 17.7 Å². The molecule has 13 heavy (non-hydrogen) atoms. The Bertz CT molecular complexity index is 278. The molecule has 0 amide bonds. The van der Waals surface area contributed by atoms with Crippen molar-refractivity contribution in [3.63, 3.8) is 0 Å². The molecule has 5 heteroatoms. The van der Waals surface area contributed by atoms with Crippen LogP contribution in [0, 0.1) is 11.0 Å². The Morgan fingerprint density at radius 1 is 1.46 bits per heavy atom. The Balaban J connectivity index is 0. The topological polar surface area (TPSA) is 73.5 Å². The van der Waals surface area contributed by atoms with Gasteiger partial charge in [-0.15, -0.1) is 6.42 Å². The first-order valence-electron chi connectivity index (χ1n) is 3.13. The van der Waals surface area contributed by atoms with Gasteiger partial charge < -0.3 is 10.5 Å². The van der Waals surface area contributed by atoms with E-state index in [2.05, 4.69) is 25.2 Å². The van der Waals surface area contributed by atoms with Gasteiger partial charge in [0.25, 0.3) is 0 Å². The normalized spacial score (nSPS) is 10.4. The summed E-state index contributed by atoms with van der Waals surface area (Å²) in [5.74, 6) is 0. The summed E-state index contributed by atoms with van der Waals surface area (Å²) in [6.45, 7) is 2.06. The van der Waals surface area contributed by atoms with Crippen molar-refractivity contribution in [1.29, 1.82) is 0 Å². The molecular weight excluding hydrogens is 342 g/mol. The molecule has 0 aromatic heterocycles. The minimum atomic E-state index is -1.37. The number of allylic oxidation sites excluding steroid dienone is 4. The fraction of sp³-hybridized carbons (Fsp3) is 0.250. The molecule has 0 heterocycles. The zero-order valence-electron chi connectivity index (χ0n) is 6.94. The van der Waals surface area contributed by atoms with E-state index < -0.39 is 17.6 Å². The van der Waals surface area contributed by atoms with Gasteiger partial charge in [0.2, 0.25) is 0 Å². The Labute approximate surface area is 83.7 Å². The Morgan fingerprint density at radius 3 is 2.08 bits per heavy atom. The molecule has 0 fully saturated rings. The Kier molecular flexibility index (Phi) is 15.0. The van der Waals surface area contributed by atoms with Gasteiger partial charge in [0.1, 0.15) is 0 Å². The van der Waals surface area contributed by atoms with Crippen molar-refractivity contribution in [2.24, 2.45) is 0 Å². The van der Waals surface area contributed by atoms with Gasteiger partial charge in [-0.25, -0.2) is 11.6 Å². The van der Waals surface area contributed by atoms with E-state index in [1.807, 2.05) is 0 Å². The van der Waals surface area contributed by atoms with E-state index in [9.17, 15) is 0 Å². The fourth-order valence-corrected chi connectivity index (χ4v) is 0.654. The average molecular weight is 349 g/mol. The van der Waals surface area contributed by atoms with Gasteiger partial charge in [0.15, 0.2) is 0 Å². The summed E-state index contributed by atoms with van der Waals surface area (Å²) in [5.41, 5.74) is 7.02. The van der Waals surface area contributed by atoms with E-state index in [1.54, 1.807) is 0 Å². The molecule has 0 saturated heterocycles. The van der Waals surface area contributed by atoms with E-state index in [4.69, 9.17) is 20.1 Å². The number of hydrogen-bond acceptors (Lipinski definition) is 3. The van der Waals surface area contributed by atoms with E-state index in [0.717, 1.165) is 6.42 Å². The maximum atomic E-state index is 9.09. The van der Waals surface area contributed by atoms with E-state index in [-0.39, 0.29) is 0 Å². The maximum absolute atomic E-state index is 9.09. The Hall–Kier alpha value is -1.07. The summed E-state index contributed by atoms with van der Waals surface area (Å²) >= 11 is -1.37. The van der Waals surface area contributed by atoms with E-state index in [0.29, 0.717) is 0 Å². The third-order valence-corrected chi connectivity index (χ3v) is 1.55. The van der Waals surface area contributed by atoms with Gasteiger partial charge in [-0.05, 0) is 0 Å². The van der Waals surface area contributed by atoms with Crippen LogP contribution in [-0.2, 0) is 27.2 Å². The predicted molar refractivity (Wildman–Crippen MR) is 44.3 cm³/mol. The van der Waals surface area contributed by atoms with Crippen LogP contribution in [0.1, 0.15) is 13.3 Å². The first-order chi connectivity index (χ1) is 6.31. The largest absolute Gasteiger partial charge is 0.577 e. The number of rotatable bonds is 0. The number of carbonyl (C=O) groups excluding carboxylic acids is 2. The second kappa shape index (κ2) is 13.5. The van der Waals surface area contributed by atoms with Gasteiger partial charge in [0.05, 0.1) is 0 Å². The number of nitroso groups, excluding NO2 is 1. The number of nitrogens with zero attached hydrogens (tertiary/aromatic N) is 1. The van der Waals surface area contributed by atoms with Crippen molar-refractivity contribution in [1.82, 2.24) is 0 Å². The molecule has 4 nitrogen and oxygen atoms in total. The first kappa shape index (κ1) is 14.5. The summed E-state index contributed by atoms with van der Waals surface area (Å²) in [6.07, 6.45) is 8.33. The summed E-state index contributed by atoms with van der Waals surface area (Å²) in [6, 6.07) is 0. The second-order valence-corrected chi connectivity index (χ2v) is 3.67. The molecule has 1 aliphatic carbocycles. The molecule has 0 aliphatic heterocycles. The zero-order valence-corrected chi connectivity index (χ0v) is 9.88. The summed E-state index contributed by atoms with van der Waals surface area (Å²) in [7, 11) is 0. The minimum Gasteiger partial charge on any atom is -0.577 e. The number of hydrogen-bond donors (Lipinski definition) is 0. The van der Waals surface area contributed by atoms with Gasteiger partial charge >= 0.3 is 35.8 Å². The van der Waals surface area contributed by atoms with Crippen LogP contribution >= 0.6 is 0 Å². The molecule has 0 bridgehead atoms. The summed E-state index contributed by atoms with van der Waals surface area (Å²) in [4.78, 5) is 25.4. The van der Waals surface area contributed by atoms with Crippen molar-refractivity contribution in [3.8, 4) is 0 Å². The molecule has 0 N–H and O–H groups in total. The quantitative estimate of drug-likeness (QED) is 0.618. The molecule has 1 rings (SSSR count). The second-order valence-electron chi connectivity index (χ2n) is 1.74. The molecule has 0 atom stereocenters. The van der Waals surface area contributed by atoms with Crippen molar-refractivity contribution in [2.45, 2.75) is 13.3 Å². The van der Waals surface area contributed by atoms with E-state index in [1.165, 1.54) is 14.1 Å². The molecule has 70 valence electrons. The first-order valence-corrected chi connectivity index (χ1v) is 6.07. The maximum Gasteiger partial charge on any atom is -0.423 e. The van der Waals surface area contributed by atoms with Crippen LogP contribution in [0.3, 0.4) is 0 Å². The van der Waals surface area contributed by atoms with Crippen molar-refractivity contribution >= 4 is 8.53 Å². The third-order valence-electron chi connectivity index (χ3n) is 0.950. The van der Waals surface area contributed by atoms with Crippen molar-refractivity contribution in [3.05, 3.63) is 34.3 Å². The van der Waals surface area contributed by atoms with Crippen LogP contribution in [0.2, 0.25) is 0 Å². The molecule has 0 radical (unpaired) electrons. The zero-order chi connectivity index (χ0) is 10.5. The van der Waals surface area contributed by atoms with E-state index >= 15 is 0 Å². The molecule has 0 spiro atoms. The standard InChI is InChI=1S/C6H7.2CO.NO.W/c1-6-4-2-3-5-6;3*1-2;/h2,4H,3H2,1H3;;;;/q-1;;;-1;. The van der Waals surface area contributed by atoms with Crippen molar-refractivity contribution < 1.29 is 27.2 Å². The SMILES string of the molecule is CC1=[C-]CC=C1.O=[C]=[W]=[C]=O.[N-]=O. The third kappa shape index (κ3) is 13.9. The average Bonchev–Trinajstić information content (AvgIpc) is 2.62. The fourth-order valence-electron chi connectivity index (χ4n) is 0.532. The molecular formula is C8H7NO3W-2. The van der Waals surface area contributed by atoms with Gasteiger partial charge in [-0.1, -0.05) is 6.92 Å². The van der Waals surface area contributed by atoms with Crippen LogP contribution in [0.4, 0.5) is 0 Å². The van der Waals surface area contributed by atoms with Gasteiger partial charge in [-0.2, -0.15) is 6.08 Å². The molecule has 0 aromatic carbocycles. The molecule has 0 unspecified atom stereocenters. The van der Waals surface area contributed by atoms with Crippen LogP contribution in [0.5, 0.6) is 0 Å². The smallest absolute Gasteiger partial charge is 0.423 e. The Morgan fingerprint density at radius 2 is 2.00 bits per heavy atom. The molecule has 0 saturated carbocycles. The monoisotopic (exact) mass is 349 g/mol. The minimum absolute atomic E-state index is 1.02. The summed E-state index contributed by atoms with van der Waals surface area (Å²) < 4.78 is 3.02. The van der Waals surface area contributed by atoms with Crippen molar-refractivity contribution in [2.75, 3.05) is 0 Å².